The van der Waals surface area contributed by atoms with Crippen LogP contribution >= 0.6 is 0 Å². The molecular weight excluding hydrogens is 252 g/mol. The molecule has 2 rings (SSSR count). The summed E-state index contributed by atoms with van der Waals surface area (Å²) in [6.07, 6.45) is 1.62. The zero-order valence-electron chi connectivity index (χ0n) is 12.6. The Kier molecular flexibility index (Phi) is 4.45. The first-order chi connectivity index (χ1) is 9.37. The van der Waals surface area contributed by atoms with E-state index in [-0.39, 0.29) is 5.91 Å². The van der Waals surface area contributed by atoms with Crippen LogP contribution in [0.5, 0.6) is 0 Å². The molecule has 1 fully saturated rings. The second kappa shape index (κ2) is 5.94. The van der Waals surface area contributed by atoms with Gasteiger partial charge in [-0.2, -0.15) is 0 Å². The van der Waals surface area contributed by atoms with E-state index in [1.54, 1.807) is 11.8 Å². The van der Waals surface area contributed by atoms with Crippen LogP contribution in [0.2, 0.25) is 0 Å². The second-order valence-corrected chi connectivity index (χ2v) is 6.26. The molecule has 1 heterocycles. The summed E-state index contributed by atoms with van der Waals surface area (Å²) in [5, 5.41) is 10.1. The van der Waals surface area contributed by atoms with Crippen molar-refractivity contribution in [3.05, 3.63) is 35.4 Å². The van der Waals surface area contributed by atoms with Crippen molar-refractivity contribution in [2.45, 2.75) is 31.9 Å². The number of carbonyl (C=O) groups is 1. The van der Waals surface area contributed by atoms with Crippen molar-refractivity contribution in [3.63, 3.8) is 0 Å². The van der Waals surface area contributed by atoms with E-state index in [1.165, 1.54) is 5.56 Å². The van der Waals surface area contributed by atoms with Gasteiger partial charge in [0.05, 0.1) is 5.60 Å². The molecule has 0 bridgehead atoms. The van der Waals surface area contributed by atoms with Gasteiger partial charge >= 0.3 is 0 Å². The molecule has 4 heteroatoms. The zero-order valence-corrected chi connectivity index (χ0v) is 12.6. The van der Waals surface area contributed by atoms with Gasteiger partial charge in [-0.3, -0.25) is 4.79 Å². The number of β-amino-alcohol motifs (C(OH)–C–C–N with tert-alkyl or cyclic N) is 1. The average Bonchev–Trinajstić information content (AvgIpc) is 2.37. The topological polar surface area (TPSA) is 43.8 Å². The minimum atomic E-state index is -0.751. The van der Waals surface area contributed by atoms with Gasteiger partial charge in [0.2, 0.25) is 0 Å². The maximum absolute atomic E-state index is 12.4. The number of nitrogens with zero attached hydrogens (tertiary/aromatic N) is 2. The molecule has 1 aromatic carbocycles. The number of aliphatic hydroxyl groups is 1. The van der Waals surface area contributed by atoms with Crippen molar-refractivity contribution < 1.29 is 9.90 Å². The van der Waals surface area contributed by atoms with Gasteiger partial charge in [-0.15, -0.1) is 0 Å². The lowest BCUT2D eigenvalue weighted by molar-refractivity contribution is -0.0107. The molecule has 1 unspecified atom stereocenters. The number of carbonyl (C=O) groups excluding carboxylic acids is 1. The van der Waals surface area contributed by atoms with Gasteiger partial charge in [0.1, 0.15) is 0 Å². The van der Waals surface area contributed by atoms with Gasteiger partial charge in [0, 0.05) is 25.2 Å². The zero-order chi connectivity index (χ0) is 14.8. The molecule has 0 saturated carbocycles. The molecule has 0 radical (unpaired) electrons. The van der Waals surface area contributed by atoms with Crippen LogP contribution in [0.25, 0.3) is 0 Å². The van der Waals surface area contributed by atoms with E-state index >= 15 is 0 Å². The molecule has 1 aromatic rings. The van der Waals surface area contributed by atoms with E-state index in [0.29, 0.717) is 12.1 Å². The Morgan fingerprint density at radius 3 is 2.55 bits per heavy atom. The van der Waals surface area contributed by atoms with Gasteiger partial charge in [0.25, 0.3) is 5.91 Å². The third-order valence-corrected chi connectivity index (χ3v) is 3.66. The largest absolute Gasteiger partial charge is 0.388 e. The quantitative estimate of drug-likeness (QED) is 0.914. The molecule has 1 atom stereocenters. The number of likely N-dealkylation sites (tertiary alicyclic amines) is 1. The number of benzene rings is 1. The first-order valence-electron chi connectivity index (χ1n) is 7.13. The predicted molar refractivity (Wildman–Crippen MR) is 79.6 cm³/mol. The smallest absolute Gasteiger partial charge is 0.253 e. The molecule has 1 N–H and O–H groups in total. The Labute approximate surface area is 121 Å². The standard InChI is InChI=1S/C16H24N2O2/c1-16(20)9-4-10-18(12-16)15(19)14-7-5-13(6-8-14)11-17(2)3/h5-8,20H,4,9-12H2,1-3H3. The summed E-state index contributed by atoms with van der Waals surface area (Å²) in [6.45, 7) is 3.82. The molecule has 0 aliphatic carbocycles. The Morgan fingerprint density at radius 2 is 2.00 bits per heavy atom. The summed E-state index contributed by atoms with van der Waals surface area (Å²) in [5.41, 5.74) is 1.14. The summed E-state index contributed by atoms with van der Waals surface area (Å²) in [4.78, 5) is 16.3. The number of hydrogen-bond acceptors (Lipinski definition) is 3. The van der Waals surface area contributed by atoms with Crippen molar-refractivity contribution in [2.24, 2.45) is 0 Å². The summed E-state index contributed by atoms with van der Waals surface area (Å²) in [7, 11) is 4.05. The van der Waals surface area contributed by atoms with Crippen molar-refractivity contribution in [1.29, 1.82) is 0 Å². The van der Waals surface area contributed by atoms with E-state index in [1.807, 2.05) is 38.4 Å². The van der Waals surface area contributed by atoms with E-state index in [9.17, 15) is 9.90 Å². The highest BCUT2D eigenvalue weighted by molar-refractivity contribution is 5.94. The molecule has 110 valence electrons. The fraction of sp³-hybridized carbons (Fsp3) is 0.562. The summed E-state index contributed by atoms with van der Waals surface area (Å²) in [5.74, 6) is 0.0152. The van der Waals surface area contributed by atoms with Crippen LogP contribution in [0.4, 0.5) is 0 Å². The number of amides is 1. The highest BCUT2D eigenvalue weighted by Crippen LogP contribution is 2.22. The van der Waals surface area contributed by atoms with Crippen LogP contribution in [-0.4, -0.2) is 53.6 Å². The molecule has 1 saturated heterocycles. The van der Waals surface area contributed by atoms with Crippen LogP contribution in [0, 0.1) is 0 Å². The third-order valence-electron chi connectivity index (χ3n) is 3.66. The maximum atomic E-state index is 12.4. The van der Waals surface area contributed by atoms with E-state index in [4.69, 9.17) is 0 Å². The van der Waals surface area contributed by atoms with E-state index in [0.717, 1.165) is 25.9 Å². The minimum Gasteiger partial charge on any atom is -0.388 e. The number of piperidine rings is 1. The maximum Gasteiger partial charge on any atom is 0.253 e. The fourth-order valence-corrected chi connectivity index (χ4v) is 2.69. The summed E-state index contributed by atoms with van der Waals surface area (Å²) < 4.78 is 0. The van der Waals surface area contributed by atoms with Gasteiger partial charge in [0.15, 0.2) is 0 Å². The van der Waals surface area contributed by atoms with Crippen LogP contribution in [0.3, 0.4) is 0 Å². The monoisotopic (exact) mass is 276 g/mol. The van der Waals surface area contributed by atoms with Gasteiger partial charge in [-0.05, 0) is 51.6 Å². The van der Waals surface area contributed by atoms with Gasteiger partial charge < -0.3 is 14.9 Å². The molecular formula is C16H24N2O2. The number of hydrogen-bond donors (Lipinski definition) is 1. The molecule has 0 aromatic heterocycles. The van der Waals surface area contributed by atoms with Crippen molar-refractivity contribution >= 4 is 5.91 Å². The van der Waals surface area contributed by atoms with Crippen molar-refractivity contribution in [1.82, 2.24) is 9.80 Å². The van der Waals surface area contributed by atoms with Crippen LogP contribution in [0.1, 0.15) is 35.7 Å². The van der Waals surface area contributed by atoms with Crippen molar-refractivity contribution in [2.75, 3.05) is 27.2 Å². The third kappa shape index (κ3) is 3.81. The lowest BCUT2D eigenvalue weighted by Gasteiger charge is -2.36. The van der Waals surface area contributed by atoms with Crippen LogP contribution in [0.15, 0.2) is 24.3 Å². The first kappa shape index (κ1) is 15.0. The SMILES string of the molecule is CN(C)Cc1ccc(C(=O)N2CCCC(C)(O)C2)cc1. The first-order valence-corrected chi connectivity index (χ1v) is 7.13. The minimum absolute atomic E-state index is 0.0152. The Hall–Kier alpha value is -1.39. The lowest BCUT2D eigenvalue weighted by atomic mass is 9.94. The lowest BCUT2D eigenvalue weighted by Crippen LogP contribution is -2.48. The van der Waals surface area contributed by atoms with Crippen LogP contribution < -0.4 is 0 Å². The van der Waals surface area contributed by atoms with E-state index < -0.39 is 5.60 Å². The molecule has 4 nitrogen and oxygen atoms in total. The predicted octanol–water partition coefficient (Wildman–Crippen LogP) is 1.74. The molecule has 0 spiro atoms. The van der Waals surface area contributed by atoms with Gasteiger partial charge in [-0.1, -0.05) is 12.1 Å². The molecule has 1 amide bonds. The average molecular weight is 276 g/mol. The molecule has 1 aliphatic heterocycles. The Bertz CT molecular complexity index is 466. The summed E-state index contributed by atoms with van der Waals surface area (Å²) >= 11 is 0. The fourth-order valence-electron chi connectivity index (χ4n) is 2.69. The van der Waals surface area contributed by atoms with Crippen molar-refractivity contribution in [3.8, 4) is 0 Å². The second-order valence-electron chi connectivity index (χ2n) is 6.26. The highest BCUT2D eigenvalue weighted by Gasteiger charge is 2.31. The van der Waals surface area contributed by atoms with Gasteiger partial charge in [-0.25, -0.2) is 0 Å². The van der Waals surface area contributed by atoms with E-state index in [2.05, 4.69) is 4.90 Å². The highest BCUT2D eigenvalue weighted by atomic mass is 16.3. The normalized spacial score (nSPS) is 23.1. The summed E-state index contributed by atoms with van der Waals surface area (Å²) in [6, 6.07) is 7.75. The van der Waals surface area contributed by atoms with Crippen LogP contribution in [-0.2, 0) is 6.54 Å². The Balaban J connectivity index is 2.05. The molecule has 1 aliphatic rings. The number of rotatable bonds is 3. The Morgan fingerprint density at radius 1 is 1.35 bits per heavy atom. The molecule has 20 heavy (non-hydrogen) atoms.